The Hall–Kier alpha value is -1.74. The number of phenols is 1. The number of nitrogens with one attached hydrogen (secondary N) is 1. The van der Waals surface area contributed by atoms with Gasteiger partial charge >= 0.3 is 0 Å². The fraction of sp³-hybridized carbons (Fsp3) is 0.286. The van der Waals surface area contributed by atoms with Crippen LogP contribution in [0.25, 0.3) is 0 Å². The van der Waals surface area contributed by atoms with Crippen LogP contribution >= 0.6 is 0 Å². The predicted octanol–water partition coefficient (Wildman–Crippen LogP) is 3.23. The topological polar surface area (TPSA) is 45.4 Å². The van der Waals surface area contributed by atoms with Crippen molar-refractivity contribution in [2.75, 3.05) is 0 Å². The minimum Gasteiger partial charge on any atom is -0.508 e. The molecule has 0 aliphatic rings. The molecule has 0 saturated carbocycles. The maximum Gasteiger partial charge on any atom is 0.120 e. The summed E-state index contributed by atoms with van der Waals surface area (Å²) in [5.41, 5.74) is 1.15. The molecule has 0 radical (unpaired) electrons. The Bertz CT molecular complexity index is 434. The van der Waals surface area contributed by atoms with Gasteiger partial charge in [0.05, 0.1) is 12.3 Å². The Morgan fingerprint density at radius 3 is 2.59 bits per heavy atom. The molecule has 3 heteroatoms. The first kappa shape index (κ1) is 11.7. The van der Waals surface area contributed by atoms with Crippen LogP contribution in [0.15, 0.2) is 47.1 Å². The minimum absolute atomic E-state index is 0.235. The number of aromatic hydroxyl groups is 1. The summed E-state index contributed by atoms with van der Waals surface area (Å²) in [6.07, 6.45) is 2.67. The molecule has 2 rings (SSSR count). The quantitative estimate of drug-likeness (QED) is 0.830. The van der Waals surface area contributed by atoms with E-state index in [4.69, 9.17) is 4.42 Å². The van der Waals surface area contributed by atoms with Crippen LogP contribution in [0.5, 0.6) is 5.75 Å². The van der Waals surface area contributed by atoms with Gasteiger partial charge in [-0.3, -0.25) is 0 Å². The van der Waals surface area contributed by atoms with Gasteiger partial charge in [0.25, 0.3) is 0 Å². The molecule has 1 atom stereocenters. The van der Waals surface area contributed by atoms with Crippen LogP contribution in [0.2, 0.25) is 0 Å². The van der Waals surface area contributed by atoms with Crippen LogP contribution in [0.3, 0.4) is 0 Å². The van der Waals surface area contributed by atoms with E-state index >= 15 is 0 Å². The van der Waals surface area contributed by atoms with Crippen molar-refractivity contribution < 1.29 is 9.52 Å². The highest BCUT2D eigenvalue weighted by molar-refractivity contribution is 5.25. The van der Waals surface area contributed by atoms with Gasteiger partial charge in [0.2, 0.25) is 0 Å². The normalized spacial score (nSPS) is 12.5. The molecule has 17 heavy (non-hydrogen) atoms. The van der Waals surface area contributed by atoms with Gasteiger partial charge in [0.15, 0.2) is 0 Å². The standard InChI is InChI=1S/C14H17NO2/c1-2-13(14-4-3-9-17-14)15-10-11-5-7-12(16)8-6-11/h3-9,13,15-16H,2,10H2,1H3. The Balaban J connectivity index is 1.94. The second kappa shape index (κ2) is 5.55. The average molecular weight is 231 g/mol. The molecule has 0 saturated heterocycles. The molecular weight excluding hydrogens is 214 g/mol. The van der Waals surface area contributed by atoms with E-state index < -0.39 is 0 Å². The highest BCUT2D eigenvalue weighted by Gasteiger charge is 2.10. The van der Waals surface area contributed by atoms with E-state index in [0.29, 0.717) is 5.75 Å². The number of rotatable bonds is 5. The molecule has 1 unspecified atom stereocenters. The van der Waals surface area contributed by atoms with Crippen molar-refractivity contribution in [2.24, 2.45) is 0 Å². The molecule has 1 heterocycles. The lowest BCUT2D eigenvalue weighted by Gasteiger charge is -2.14. The highest BCUT2D eigenvalue weighted by atomic mass is 16.3. The first-order valence-corrected chi connectivity index (χ1v) is 5.84. The fourth-order valence-corrected chi connectivity index (χ4v) is 1.79. The first-order valence-electron chi connectivity index (χ1n) is 5.84. The zero-order valence-corrected chi connectivity index (χ0v) is 9.89. The predicted molar refractivity (Wildman–Crippen MR) is 66.7 cm³/mol. The molecule has 1 aromatic heterocycles. The summed E-state index contributed by atoms with van der Waals surface area (Å²) in [6.45, 7) is 2.89. The van der Waals surface area contributed by atoms with E-state index in [0.717, 1.165) is 24.3 Å². The van der Waals surface area contributed by atoms with Crippen molar-refractivity contribution in [2.45, 2.75) is 25.9 Å². The summed E-state index contributed by atoms with van der Waals surface area (Å²) in [4.78, 5) is 0. The number of phenolic OH excluding ortho intramolecular Hbond substituents is 1. The van der Waals surface area contributed by atoms with Crippen molar-refractivity contribution in [3.63, 3.8) is 0 Å². The van der Waals surface area contributed by atoms with Crippen molar-refractivity contribution in [1.82, 2.24) is 5.32 Å². The van der Waals surface area contributed by atoms with Crippen LogP contribution in [-0.2, 0) is 6.54 Å². The first-order chi connectivity index (χ1) is 8.29. The Morgan fingerprint density at radius 2 is 2.00 bits per heavy atom. The van der Waals surface area contributed by atoms with E-state index in [1.165, 1.54) is 0 Å². The molecule has 2 N–H and O–H groups in total. The lowest BCUT2D eigenvalue weighted by Crippen LogP contribution is -2.19. The zero-order chi connectivity index (χ0) is 12.1. The molecule has 0 amide bonds. The number of hydrogen-bond acceptors (Lipinski definition) is 3. The van der Waals surface area contributed by atoms with E-state index in [2.05, 4.69) is 12.2 Å². The molecule has 90 valence electrons. The average Bonchev–Trinajstić information content (AvgIpc) is 2.86. The van der Waals surface area contributed by atoms with Gasteiger partial charge < -0.3 is 14.8 Å². The minimum atomic E-state index is 0.235. The van der Waals surface area contributed by atoms with E-state index in [1.54, 1.807) is 18.4 Å². The van der Waals surface area contributed by atoms with Gasteiger partial charge in [-0.15, -0.1) is 0 Å². The maximum atomic E-state index is 9.20. The molecule has 1 aromatic carbocycles. The SMILES string of the molecule is CCC(NCc1ccc(O)cc1)c1ccco1. The van der Waals surface area contributed by atoms with Crippen LogP contribution in [-0.4, -0.2) is 5.11 Å². The van der Waals surface area contributed by atoms with Crippen molar-refractivity contribution in [1.29, 1.82) is 0 Å². The number of hydrogen-bond donors (Lipinski definition) is 2. The third kappa shape index (κ3) is 3.11. The molecular formula is C14H17NO2. The van der Waals surface area contributed by atoms with Gasteiger partial charge in [-0.25, -0.2) is 0 Å². The molecule has 0 fully saturated rings. The molecule has 2 aromatic rings. The van der Waals surface area contributed by atoms with Crippen LogP contribution in [0, 0.1) is 0 Å². The summed E-state index contributed by atoms with van der Waals surface area (Å²) in [7, 11) is 0. The summed E-state index contributed by atoms with van der Waals surface area (Å²) in [6, 6.07) is 11.3. The Labute approximate surface area is 101 Å². The van der Waals surface area contributed by atoms with Gasteiger partial charge in [0, 0.05) is 6.54 Å². The van der Waals surface area contributed by atoms with E-state index in [1.807, 2.05) is 24.3 Å². The van der Waals surface area contributed by atoms with Gasteiger partial charge in [-0.05, 0) is 36.2 Å². The summed E-state index contributed by atoms with van der Waals surface area (Å²) in [5.74, 6) is 1.26. The van der Waals surface area contributed by atoms with Crippen LogP contribution in [0.1, 0.15) is 30.7 Å². The van der Waals surface area contributed by atoms with E-state index in [-0.39, 0.29) is 6.04 Å². The highest BCUT2D eigenvalue weighted by Crippen LogP contribution is 2.18. The van der Waals surface area contributed by atoms with Gasteiger partial charge in [0.1, 0.15) is 11.5 Å². The smallest absolute Gasteiger partial charge is 0.120 e. The molecule has 0 aliphatic carbocycles. The Morgan fingerprint density at radius 1 is 1.24 bits per heavy atom. The lowest BCUT2D eigenvalue weighted by atomic mass is 10.1. The number of furan rings is 1. The van der Waals surface area contributed by atoms with Crippen LogP contribution < -0.4 is 5.32 Å². The van der Waals surface area contributed by atoms with Crippen LogP contribution in [0.4, 0.5) is 0 Å². The molecule has 3 nitrogen and oxygen atoms in total. The summed E-state index contributed by atoms with van der Waals surface area (Å²) >= 11 is 0. The van der Waals surface area contributed by atoms with E-state index in [9.17, 15) is 5.11 Å². The van der Waals surface area contributed by atoms with Crippen molar-refractivity contribution in [3.05, 3.63) is 54.0 Å². The fourth-order valence-electron chi connectivity index (χ4n) is 1.79. The second-order valence-electron chi connectivity index (χ2n) is 4.02. The Kier molecular flexibility index (Phi) is 3.83. The third-order valence-corrected chi connectivity index (χ3v) is 2.78. The zero-order valence-electron chi connectivity index (χ0n) is 9.89. The molecule has 0 bridgehead atoms. The van der Waals surface area contributed by atoms with Gasteiger partial charge in [-0.2, -0.15) is 0 Å². The summed E-state index contributed by atoms with van der Waals surface area (Å²) in [5, 5.41) is 12.6. The molecule has 0 aliphatic heterocycles. The monoisotopic (exact) mass is 231 g/mol. The van der Waals surface area contributed by atoms with Gasteiger partial charge in [-0.1, -0.05) is 19.1 Å². The number of benzene rings is 1. The largest absolute Gasteiger partial charge is 0.508 e. The van der Waals surface area contributed by atoms with Crippen molar-refractivity contribution in [3.8, 4) is 5.75 Å². The van der Waals surface area contributed by atoms with Crippen molar-refractivity contribution >= 4 is 0 Å². The summed E-state index contributed by atoms with van der Waals surface area (Å²) < 4.78 is 5.39. The molecule has 0 spiro atoms. The maximum absolute atomic E-state index is 9.20. The lowest BCUT2D eigenvalue weighted by molar-refractivity contribution is 0.403. The second-order valence-corrected chi connectivity index (χ2v) is 4.02. The third-order valence-electron chi connectivity index (χ3n) is 2.78.